The third-order valence-corrected chi connectivity index (χ3v) is 4.74. The van der Waals surface area contributed by atoms with E-state index in [2.05, 4.69) is 0 Å². The van der Waals surface area contributed by atoms with Gasteiger partial charge in [0.25, 0.3) is 11.1 Å². The summed E-state index contributed by atoms with van der Waals surface area (Å²) in [5.74, 6) is -1.21. The average molecular weight is 364 g/mol. The van der Waals surface area contributed by atoms with Crippen LogP contribution in [0.25, 0.3) is 6.08 Å². The lowest BCUT2D eigenvalue weighted by Crippen LogP contribution is -2.46. The Kier molecular flexibility index (Phi) is 4.95. The number of carbonyl (C=O) groups excluding carboxylic acids is 3. The van der Waals surface area contributed by atoms with Gasteiger partial charge in [-0.05, 0) is 30.0 Å². The van der Waals surface area contributed by atoms with Crippen molar-refractivity contribution in [2.45, 2.75) is 0 Å². The van der Waals surface area contributed by atoms with Crippen LogP contribution in [0.5, 0.6) is 11.5 Å². The van der Waals surface area contributed by atoms with Crippen molar-refractivity contribution >= 4 is 34.9 Å². The zero-order valence-electron chi connectivity index (χ0n) is 13.2. The lowest BCUT2D eigenvalue weighted by Gasteiger charge is -2.28. The normalized spacial score (nSPS) is 19.8. The van der Waals surface area contributed by atoms with Crippen molar-refractivity contribution in [2.24, 2.45) is 0 Å². The molecule has 3 rings (SSSR count). The van der Waals surface area contributed by atoms with Gasteiger partial charge in [-0.1, -0.05) is 0 Å². The molecule has 3 amide bonds. The summed E-state index contributed by atoms with van der Waals surface area (Å²) < 4.78 is 5.17. The molecule has 9 heteroatoms. The molecule has 2 aliphatic heterocycles. The number of ether oxygens (including phenoxy) is 1. The molecule has 0 aliphatic carbocycles. The molecular formula is C16H16N2O6S. The van der Waals surface area contributed by atoms with Gasteiger partial charge in [-0.25, -0.2) is 0 Å². The minimum Gasteiger partial charge on any atom is -0.508 e. The van der Waals surface area contributed by atoms with Crippen LogP contribution < -0.4 is 0 Å². The Morgan fingerprint density at radius 3 is 2.64 bits per heavy atom. The van der Waals surface area contributed by atoms with E-state index < -0.39 is 11.1 Å². The predicted molar refractivity (Wildman–Crippen MR) is 89.8 cm³/mol. The molecule has 0 spiro atoms. The largest absolute Gasteiger partial charge is 0.508 e. The van der Waals surface area contributed by atoms with Gasteiger partial charge in [-0.3, -0.25) is 19.3 Å². The number of rotatable bonds is 3. The first-order chi connectivity index (χ1) is 12.0. The van der Waals surface area contributed by atoms with Gasteiger partial charge in [-0.2, -0.15) is 0 Å². The van der Waals surface area contributed by atoms with Crippen molar-refractivity contribution < 1.29 is 29.3 Å². The number of hydrogen-bond donors (Lipinski definition) is 2. The summed E-state index contributed by atoms with van der Waals surface area (Å²) in [6.07, 6.45) is 1.36. The molecule has 2 aliphatic rings. The standard InChI is InChI=1S/C16H16N2O6S/c19-11-2-1-10(12(20)8-11)7-13-15(22)18(16(23)25-13)9-14(21)17-3-5-24-6-4-17/h1-2,7-8,19-20H,3-6,9H2/b13-7-. The summed E-state index contributed by atoms with van der Waals surface area (Å²) >= 11 is 0.708. The highest BCUT2D eigenvalue weighted by atomic mass is 32.2. The first-order valence-corrected chi connectivity index (χ1v) is 8.40. The summed E-state index contributed by atoms with van der Waals surface area (Å²) in [5.41, 5.74) is 0.294. The maximum Gasteiger partial charge on any atom is 0.294 e. The lowest BCUT2D eigenvalue weighted by atomic mass is 10.1. The zero-order valence-corrected chi connectivity index (χ0v) is 14.0. The predicted octanol–water partition coefficient (Wildman–Crippen LogP) is 0.993. The third kappa shape index (κ3) is 3.77. The second-order valence-corrected chi connectivity index (χ2v) is 6.50. The third-order valence-electron chi connectivity index (χ3n) is 3.83. The second kappa shape index (κ2) is 7.16. The van der Waals surface area contributed by atoms with Crippen LogP contribution in [0.4, 0.5) is 4.79 Å². The fourth-order valence-corrected chi connectivity index (χ4v) is 3.31. The summed E-state index contributed by atoms with van der Waals surface area (Å²) in [7, 11) is 0. The van der Waals surface area contributed by atoms with Crippen LogP contribution in [0, 0.1) is 0 Å². The highest BCUT2D eigenvalue weighted by Gasteiger charge is 2.37. The van der Waals surface area contributed by atoms with E-state index in [4.69, 9.17) is 4.74 Å². The molecule has 0 bridgehead atoms. The molecule has 2 saturated heterocycles. The minimum absolute atomic E-state index is 0.112. The van der Waals surface area contributed by atoms with Crippen LogP contribution in [0.15, 0.2) is 23.1 Å². The molecule has 1 aromatic rings. The Labute approximate surface area is 147 Å². The number of morpholine rings is 1. The molecular weight excluding hydrogens is 348 g/mol. The monoisotopic (exact) mass is 364 g/mol. The number of aromatic hydroxyl groups is 2. The van der Waals surface area contributed by atoms with Crippen molar-refractivity contribution in [2.75, 3.05) is 32.8 Å². The van der Waals surface area contributed by atoms with E-state index in [0.29, 0.717) is 43.6 Å². The van der Waals surface area contributed by atoms with Crippen LogP contribution in [-0.4, -0.2) is 69.9 Å². The first kappa shape index (κ1) is 17.3. The van der Waals surface area contributed by atoms with E-state index in [1.165, 1.54) is 18.2 Å². The van der Waals surface area contributed by atoms with Crippen LogP contribution in [0.3, 0.4) is 0 Å². The Bertz CT molecular complexity index is 757. The van der Waals surface area contributed by atoms with Gasteiger partial charge in [0, 0.05) is 24.7 Å². The van der Waals surface area contributed by atoms with Gasteiger partial charge in [0.2, 0.25) is 5.91 Å². The maximum atomic E-state index is 12.4. The molecule has 2 heterocycles. The summed E-state index contributed by atoms with van der Waals surface area (Å²) in [4.78, 5) is 39.3. The smallest absolute Gasteiger partial charge is 0.294 e. The van der Waals surface area contributed by atoms with E-state index >= 15 is 0 Å². The first-order valence-electron chi connectivity index (χ1n) is 7.58. The van der Waals surface area contributed by atoms with E-state index in [-0.39, 0.29) is 28.9 Å². The van der Waals surface area contributed by atoms with Crippen LogP contribution in [0.2, 0.25) is 0 Å². The molecule has 1 aromatic carbocycles. The number of carbonyl (C=O) groups is 3. The molecule has 0 saturated carbocycles. The quantitative estimate of drug-likeness (QED) is 0.770. The number of thioether (sulfide) groups is 1. The summed E-state index contributed by atoms with van der Waals surface area (Å²) in [6, 6.07) is 3.92. The molecule has 25 heavy (non-hydrogen) atoms. The Hall–Kier alpha value is -2.52. The van der Waals surface area contributed by atoms with Crippen molar-refractivity contribution in [1.82, 2.24) is 9.80 Å². The number of hydrogen-bond acceptors (Lipinski definition) is 7. The van der Waals surface area contributed by atoms with Crippen LogP contribution in [-0.2, 0) is 14.3 Å². The van der Waals surface area contributed by atoms with Crippen LogP contribution >= 0.6 is 11.8 Å². The molecule has 0 radical (unpaired) electrons. The topological polar surface area (TPSA) is 107 Å². The van der Waals surface area contributed by atoms with Crippen molar-refractivity contribution in [3.05, 3.63) is 28.7 Å². The van der Waals surface area contributed by atoms with E-state index in [1.54, 1.807) is 4.90 Å². The molecule has 132 valence electrons. The molecule has 8 nitrogen and oxygen atoms in total. The Balaban J connectivity index is 1.73. The fraction of sp³-hybridized carbons (Fsp3) is 0.312. The minimum atomic E-state index is -0.580. The van der Waals surface area contributed by atoms with Gasteiger partial charge in [0.05, 0.1) is 18.1 Å². The van der Waals surface area contributed by atoms with Gasteiger partial charge < -0.3 is 19.8 Å². The van der Waals surface area contributed by atoms with Gasteiger partial charge in [0.15, 0.2) is 0 Å². The molecule has 0 unspecified atom stereocenters. The summed E-state index contributed by atoms with van der Waals surface area (Å²) in [5, 5.41) is 18.5. The van der Waals surface area contributed by atoms with Crippen molar-refractivity contribution in [1.29, 1.82) is 0 Å². The number of benzene rings is 1. The lowest BCUT2D eigenvalue weighted by molar-refractivity contribution is -0.139. The fourth-order valence-electron chi connectivity index (χ4n) is 2.48. The Morgan fingerprint density at radius 2 is 1.96 bits per heavy atom. The molecule has 0 atom stereocenters. The SMILES string of the molecule is O=C(CN1C(=O)S/C(=C\c2ccc(O)cc2O)C1=O)N1CCOCC1. The number of phenols is 2. The molecule has 2 N–H and O–H groups in total. The number of nitrogens with zero attached hydrogens (tertiary/aromatic N) is 2. The van der Waals surface area contributed by atoms with E-state index in [9.17, 15) is 24.6 Å². The van der Waals surface area contributed by atoms with Gasteiger partial charge in [-0.15, -0.1) is 0 Å². The average Bonchev–Trinajstić information content (AvgIpc) is 2.85. The molecule has 2 fully saturated rings. The second-order valence-electron chi connectivity index (χ2n) is 5.50. The molecule has 0 aromatic heterocycles. The number of imide groups is 1. The van der Waals surface area contributed by atoms with Gasteiger partial charge in [0.1, 0.15) is 18.0 Å². The zero-order chi connectivity index (χ0) is 18.0. The maximum absolute atomic E-state index is 12.4. The number of phenolic OH excluding ortho intramolecular Hbond substituents is 2. The highest BCUT2D eigenvalue weighted by Crippen LogP contribution is 2.34. The van der Waals surface area contributed by atoms with Gasteiger partial charge >= 0.3 is 0 Å². The van der Waals surface area contributed by atoms with Crippen molar-refractivity contribution in [3.63, 3.8) is 0 Å². The van der Waals surface area contributed by atoms with Crippen molar-refractivity contribution in [3.8, 4) is 11.5 Å². The highest BCUT2D eigenvalue weighted by molar-refractivity contribution is 8.18. The summed E-state index contributed by atoms with van der Waals surface area (Å²) in [6.45, 7) is 1.43. The van der Waals surface area contributed by atoms with E-state index in [0.717, 1.165) is 11.0 Å². The Morgan fingerprint density at radius 1 is 1.24 bits per heavy atom. The van der Waals surface area contributed by atoms with E-state index in [1.807, 2.05) is 0 Å². The van der Waals surface area contributed by atoms with Crippen LogP contribution in [0.1, 0.15) is 5.56 Å². The number of amides is 3.